The average Bonchev–Trinajstić information content (AvgIpc) is 2.09. The fourth-order valence-electron chi connectivity index (χ4n) is 1.46. The van der Waals surface area contributed by atoms with Crippen molar-refractivity contribution in [3.05, 3.63) is 0 Å². The van der Waals surface area contributed by atoms with E-state index in [1.807, 2.05) is 0 Å². The molecule has 3 heteroatoms. The van der Waals surface area contributed by atoms with Gasteiger partial charge in [0.05, 0.1) is 4.99 Å². The maximum absolute atomic E-state index is 5.50. The van der Waals surface area contributed by atoms with Gasteiger partial charge in [0, 0.05) is 19.5 Å². The standard InChI is InChI=1S/C11H24N2S/c1-4-5-7-13(9-10(2)3)8-6-11(12)14/h10H,4-9H2,1-3H3,(H2,12,14). The first-order chi connectivity index (χ1) is 6.56. The lowest BCUT2D eigenvalue weighted by Crippen LogP contribution is -2.31. The molecule has 0 saturated heterocycles. The third kappa shape index (κ3) is 8.45. The largest absolute Gasteiger partial charge is 0.393 e. The van der Waals surface area contributed by atoms with Gasteiger partial charge in [0.15, 0.2) is 0 Å². The summed E-state index contributed by atoms with van der Waals surface area (Å²) in [6.07, 6.45) is 3.37. The van der Waals surface area contributed by atoms with Gasteiger partial charge in [0.25, 0.3) is 0 Å². The van der Waals surface area contributed by atoms with Crippen molar-refractivity contribution in [1.82, 2.24) is 4.90 Å². The molecule has 0 aromatic carbocycles. The number of nitrogens with zero attached hydrogens (tertiary/aromatic N) is 1. The lowest BCUT2D eigenvalue weighted by atomic mass is 10.2. The van der Waals surface area contributed by atoms with Crippen LogP contribution in [0.15, 0.2) is 0 Å². The minimum Gasteiger partial charge on any atom is -0.393 e. The highest BCUT2D eigenvalue weighted by atomic mass is 32.1. The Morgan fingerprint density at radius 3 is 2.43 bits per heavy atom. The minimum absolute atomic E-state index is 0.634. The van der Waals surface area contributed by atoms with Crippen molar-refractivity contribution >= 4 is 17.2 Å². The van der Waals surface area contributed by atoms with Crippen LogP contribution in [-0.2, 0) is 0 Å². The normalized spacial score (nSPS) is 11.2. The highest BCUT2D eigenvalue weighted by Crippen LogP contribution is 2.02. The van der Waals surface area contributed by atoms with E-state index in [0.29, 0.717) is 4.99 Å². The van der Waals surface area contributed by atoms with Crippen LogP contribution in [0.25, 0.3) is 0 Å². The van der Waals surface area contributed by atoms with Gasteiger partial charge in [-0.2, -0.15) is 0 Å². The Kier molecular flexibility index (Phi) is 8.09. The summed E-state index contributed by atoms with van der Waals surface area (Å²) in [5.41, 5.74) is 5.50. The monoisotopic (exact) mass is 216 g/mol. The SMILES string of the molecule is CCCCN(CCC(N)=S)CC(C)C. The minimum atomic E-state index is 0.634. The fourth-order valence-corrected chi connectivity index (χ4v) is 1.55. The molecule has 14 heavy (non-hydrogen) atoms. The highest BCUT2D eigenvalue weighted by molar-refractivity contribution is 7.80. The summed E-state index contributed by atoms with van der Waals surface area (Å²) < 4.78 is 0. The maximum atomic E-state index is 5.50. The van der Waals surface area contributed by atoms with Crippen molar-refractivity contribution in [2.75, 3.05) is 19.6 Å². The average molecular weight is 216 g/mol. The molecule has 0 aromatic heterocycles. The molecule has 0 bridgehead atoms. The molecule has 0 atom stereocenters. The molecular weight excluding hydrogens is 192 g/mol. The predicted octanol–water partition coefficient (Wildman–Crippen LogP) is 2.42. The third-order valence-corrected chi connectivity index (χ3v) is 2.33. The molecule has 0 aliphatic rings. The molecule has 0 aromatic rings. The van der Waals surface area contributed by atoms with E-state index in [1.54, 1.807) is 0 Å². The van der Waals surface area contributed by atoms with E-state index in [2.05, 4.69) is 25.7 Å². The molecule has 0 fully saturated rings. The molecule has 0 spiro atoms. The molecule has 0 amide bonds. The van der Waals surface area contributed by atoms with Gasteiger partial charge in [-0.3, -0.25) is 0 Å². The van der Waals surface area contributed by atoms with Crippen molar-refractivity contribution in [2.45, 2.75) is 40.0 Å². The molecule has 0 radical (unpaired) electrons. The zero-order valence-electron chi connectivity index (χ0n) is 9.75. The van der Waals surface area contributed by atoms with Crippen LogP contribution in [0.2, 0.25) is 0 Å². The van der Waals surface area contributed by atoms with Gasteiger partial charge < -0.3 is 10.6 Å². The molecule has 0 heterocycles. The Morgan fingerprint density at radius 1 is 1.36 bits per heavy atom. The summed E-state index contributed by atoms with van der Waals surface area (Å²) in [5.74, 6) is 0.721. The van der Waals surface area contributed by atoms with Gasteiger partial charge in [-0.05, 0) is 18.9 Å². The van der Waals surface area contributed by atoms with Crippen LogP contribution >= 0.6 is 12.2 Å². The van der Waals surface area contributed by atoms with E-state index < -0.39 is 0 Å². The molecule has 0 aliphatic heterocycles. The van der Waals surface area contributed by atoms with Gasteiger partial charge in [-0.1, -0.05) is 39.4 Å². The second kappa shape index (κ2) is 8.18. The van der Waals surface area contributed by atoms with Crippen LogP contribution in [0.4, 0.5) is 0 Å². The lowest BCUT2D eigenvalue weighted by Gasteiger charge is -2.23. The number of rotatable bonds is 8. The fraction of sp³-hybridized carbons (Fsp3) is 0.909. The Labute approximate surface area is 93.8 Å². The van der Waals surface area contributed by atoms with Crippen LogP contribution < -0.4 is 5.73 Å². The van der Waals surface area contributed by atoms with Gasteiger partial charge in [0.2, 0.25) is 0 Å². The van der Waals surface area contributed by atoms with E-state index >= 15 is 0 Å². The maximum Gasteiger partial charge on any atom is 0.0740 e. The summed E-state index contributed by atoms with van der Waals surface area (Å²) in [6.45, 7) is 10.1. The van der Waals surface area contributed by atoms with E-state index in [-0.39, 0.29) is 0 Å². The summed E-state index contributed by atoms with van der Waals surface area (Å²) in [5, 5.41) is 0. The van der Waals surface area contributed by atoms with Crippen molar-refractivity contribution in [3.8, 4) is 0 Å². The van der Waals surface area contributed by atoms with Crippen molar-refractivity contribution in [3.63, 3.8) is 0 Å². The predicted molar refractivity (Wildman–Crippen MR) is 67.6 cm³/mol. The van der Waals surface area contributed by atoms with Crippen LogP contribution in [0, 0.1) is 5.92 Å². The van der Waals surface area contributed by atoms with Gasteiger partial charge in [-0.25, -0.2) is 0 Å². The molecule has 0 rings (SSSR count). The first-order valence-corrected chi connectivity index (χ1v) is 5.97. The zero-order chi connectivity index (χ0) is 11.0. The Bertz CT molecular complexity index is 157. The van der Waals surface area contributed by atoms with Crippen LogP contribution in [0.5, 0.6) is 0 Å². The Morgan fingerprint density at radius 2 is 2.00 bits per heavy atom. The molecule has 0 saturated carbocycles. The summed E-state index contributed by atoms with van der Waals surface area (Å²) in [7, 11) is 0. The number of thiocarbonyl (C=S) groups is 1. The first-order valence-electron chi connectivity index (χ1n) is 5.57. The molecular formula is C11H24N2S. The van der Waals surface area contributed by atoms with Gasteiger partial charge >= 0.3 is 0 Å². The van der Waals surface area contributed by atoms with E-state index in [9.17, 15) is 0 Å². The Balaban J connectivity index is 3.77. The molecule has 0 aliphatic carbocycles. The summed E-state index contributed by atoms with van der Waals surface area (Å²) >= 11 is 4.89. The van der Waals surface area contributed by atoms with Crippen LogP contribution in [-0.4, -0.2) is 29.5 Å². The lowest BCUT2D eigenvalue weighted by molar-refractivity contribution is 0.247. The van der Waals surface area contributed by atoms with Crippen molar-refractivity contribution in [1.29, 1.82) is 0 Å². The van der Waals surface area contributed by atoms with Gasteiger partial charge in [-0.15, -0.1) is 0 Å². The van der Waals surface area contributed by atoms with E-state index in [0.717, 1.165) is 25.4 Å². The first kappa shape index (κ1) is 13.8. The van der Waals surface area contributed by atoms with Crippen molar-refractivity contribution in [2.24, 2.45) is 11.7 Å². The number of nitrogens with two attached hydrogens (primary N) is 1. The quantitative estimate of drug-likeness (QED) is 0.632. The number of unbranched alkanes of at least 4 members (excludes halogenated alkanes) is 1. The van der Waals surface area contributed by atoms with Crippen molar-refractivity contribution < 1.29 is 0 Å². The second-order valence-corrected chi connectivity index (χ2v) is 4.79. The summed E-state index contributed by atoms with van der Waals surface area (Å²) in [4.78, 5) is 3.10. The molecule has 84 valence electrons. The smallest absolute Gasteiger partial charge is 0.0740 e. The second-order valence-electron chi connectivity index (χ2n) is 4.26. The van der Waals surface area contributed by atoms with E-state index in [4.69, 9.17) is 18.0 Å². The Hall–Kier alpha value is -0.150. The van der Waals surface area contributed by atoms with Crippen LogP contribution in [0.1, 0.15) is 40.0 Å². The highest BCUT2D eigenvalue weighted by Gasteiger charge is 2.06. The third-order valence-electron chi connectivity index (χ3n) is 2.13. The summed E-state index contributed by atoms with van der Waals surface area (Å²) in [6, 6.07) is 0. The van der Waals surface area contributed by atoms with Gasteiger partial charge in [0.1, 0.15) is 0 Å². The zero-order valence-corrected chi connectivity index (χ0v) is 10.6. The topological polar surface area (TPSA) is 29.3 Å². The number of hydrogen-bond acceptors (Lipinski definition) is 2. The molecule has 2 nitrogen and oxygen atoms in total. The molecule has 2 N–H and O–H groups in total. The number of hydrogen-bond donors (Lipinski definition) is 1. The molecule has 0 unspecified atom stereocenters. The van der Waals surface area contributed by atoms with E-state index in [1.165, 1.54) is 19.4 Å². The van der Waals surface area contributed by atoms with Crippen LogP contribution in [0.3, 0.4) is 0 Å².